The first-order chi connectivity index (χ1) is 10.8. The van der Waals surface area contributed by atoms with Crippen LogP contribution < -0.4 is 0 Å². The monoisotopic (exact) mass is 329 g/mol. The van der Waals surface area contributed by atoms with Crippen LogP contribution in [0.2, 0.25) is 0 Å². The molecule has 0 saturated heterocycles. The van der Waals surface area contributed by atoms with Gasteiger partial charge >= 0.3 is 0 Å². The second kappa shape index (κ2) is 6.85. The van der Waals surface area contributed by atoms with Gasteiger partial charge in [0.15, 0.2) is 15.3 Å². The molecule has 0 unspecified atom stereocenters. The van der Waals surface area contributed by atoms with Crippen molar-refractivity contribution in [2.24, 2.45) is 0 Å². The molecule has 2 aromatic heterocycles. The van der Waals surface area contributed by atoms with Gasteiger partial charge in [-0.05, 0) is 23.3 Å². The fourth-order valence-corrected chi connectivity index (χ4v) is 3.60. The molecule has 0 N–H and O–H groups in total. The van der Waals surface area contributed by atoms with Gasteiger partial charge in [0.1, 0.15) is 5.82 Å². The van der Waals surface area contributed by atoms with Crippen LogP contribution in [0, 0.1) is 0 Å². The van der Waals surface area contributed by atoms with E-state index in [9.17, 15) is 0 Å². The molecule has 0 fully saturated rings. The Hall–Kier alpha value is -1.99. The average molecular weight is 329 g/mol. The zero-order valence-corrected chi connectivity index (χ0v) is 13.8. The SMILES string of the molecule is C=CCn1c(Sc2nc(CC)ns2)nnc1-c1ccccc1. The fraction of sp³-hybridized carbons (Fsp3) is 0.200. The lowest BCUT2D eigenvalue weighted by atomic mass is 10.2. The van der Waals surface area contributed by atoms with Gasteiger partial charge < -0.3 is 0 Å². The number of benzene rings is 1. The van der Waals surface area contributed by atoms with Crippen LogP contribution in [-0.2, 0) is 13.0 Å². The third-order valence-corrected chi connectivity index (χ3v) is 4.78. The molecule has 3 rings (SSSR count). The summed E-state index contributed by atoms with van der Waals surface area (Å²) < 4.78 is 7.23. The van der Waals surface area contributed by atoms with Crippen LogP contribution in [0.1, 0.15) is 12.7 Å². The summed E-state index contributed by atoms with van der Waals surface area (Å²) >= 11 is 2.89. The largest absolute Gasteiger partial charge is 0.298 e. The van der Waals surface area contributed by atoms with Crippen LogP contribution in [0.25, 0.3) is 11.4 Å². The van der Waals surface area contributed by atoms with Crippen molar-refractivity contribution in [1.29, 1.82) is 0 Å². The van der Waals surface area contributed by atoms with Gasteiger partial charge in [0.05, 0.1) is 0 Å². The number of hydrogen-bond donors (Lipinski definition) is 0. The lowest BCUT2D eigenvalue weighted by Crippen LogP contribution is -2.00. The lowest BCUT2D eigenvalue weighted by molar-refractivity contribution is 0.731. The number of aryl methyl sites for hydroxylation is 1. The molecule has 0 amide bonds. The molecule has 0 atom stereocenters. The van der Waals surface area contributed by atoms with Crippen molar-refractivity contribution in [2.45, 2.75) is 29.4 Å². The maximum Gasteiger partial charge on any atom is 0.198 e. The Morgan fingerprint density at radius 1 is 1.27 bits per heavy atom. The Balaban J connectivity index is 1.94. The lowest BCUT2D eigenvalue weighted by Gasteiger charge is -2.06. The molecule has 2 heterocycles. The van der Waals surface area contributed by atoms with E-state index in [0.29, 0.717) is 6.54 Å². The van der Waals surface area contributed by atoms with Crippen molar-refractivity contribution >= 4 is 23.3 Å². The average Bonchev–Trinajstić information content (AvgIpc) is 3.17. The van der Waals surface area contributed by atoms with E-state index in [0.717, 1.165) is 33.1 Å². The predicted octanol–water partition coefficient (Wildman–Crippen LogP) is 3.70. The van der Waals surface area contributed by atoms with Crippen molar-refractivity contribution < 1.29 is 0 Å². The Kier molecular flexibility index (Phi) is 4.65. The first-order valence-corrected chi connectivity index (χ1v) is 8.50. The summed E-state index contributed by atoms with van der Waals surface area (Å²) in [7, 11) is 0. The van der Waals surface area contributed by atoms with Crippen molar-refractivity contribution in [2.75, 3.05) is 0 Å². The Morgan fingerprint density at radius 2 is 2.09 bits per heavy atom. The minimum Gasteiger partial charge on any atom is -0.298 e. The number of rotatable bonds is 6. The summed E-state index contributed by atoms with van der Waals surface area (Å²) in [4.78, 5) is 4.47. The van der Waals surface area contributed by atoms with E-state index >= 15 is 0 Å². The van der Waals surface area contributed by atoms with Gasteiger partial charge in [-0.25, -0.2) is 4.98 Å². The quantitative estimate of drug-likeness (QED) is 0.646. The molecule has 3 aromatic rings. The molecule has 7 heteroatoms. The molecule has 0 bridgehead atoms. The van der Waals surface area contributed by atoms with Crippen molar-refractivity contribution in [3.63, 3.8) is 0 Å². The Labute approximate surface area is 137 Å². The van der Waals surface area contributed by atoms with E-state index in [4.69, 9.17) is 0 Å². The summed E-state index contributed by atoms with van der Waals surface area (Å²) in [6.07, 6.45) is 2.68. The molecular weight excluding hydrogens is 314 g/mol. The first kappa shape index (κ1) is 14.9. The summed E-state index contributed by atoms with van der Waals surface area (Å²) in [5.74, 6) is 1.70. The zero-order valence-electron chi connectivity index (χ0n) is 12.1. The summed E-state index contributed by atoms with van der Waals surface area (Å²) in [6.45, 7) is 6.52. The third-order valence-electron chi connectivity index (χ3n) is 3.00. The van der Waals surface area contributed by atoms with E-state index in [1.807, 2.05) is 47.9 Å². The van der Waals surface area contributed by atoms with Crippen LogP contribution >= 0.6 is 23.3 Å². The highest BCUT2D eigenvalue weighted by molar-refractivity contribution is 8.00. The topological polar surface area (TPSA) is 56.5 Å². The minimum absolute atomic E-state index is 0.652. The summed E-state index contributed by atoms with van der Waals surface area (Å²) in [6, 6.07) is 10.0. The Bertz CT molecular complexity index is 763. The van der Waals surface area contributed by atoms with Gasteiger partial charge in [0.25, 0.3) is 0 Å². The first-order valence-electron chi connectivity index (χ1n) is 6.91. The van der Waals surface area contributed by atoms with Crippen LogP contribution in [0.5, 0.6) is 0 Å². The molecule has 22 heavy (non-hydrogen) atoms. The van der Waals surface area contributed by atoms with E-state index in [1.165, 1.54) is 23.3 Å². The molecule has 0 saturated carbocycles. The molecule has 0 aliphatic rings. The van der Waals surface area contributed by atoms with Gasteiger partial charge in [0, 0.05) is 18.5 Å². The van der Waals surface area contributed by atoms with Crippen molar-refractivity contribution in [3.8, 4) is 11.4 Å². The summed E-state index contributed by atoms with van der Waals surface area (Å²) in [5, 5.41) is 9.44. The standard InChI is InChI=1S/C15H15N5S2/c1-3-10-20-13(11-8-6-5-7-9-11)17-18-14(20)21-15-16-12(4-2)19-22-15/h3,5-9H,1,4,10H2,2H3. The number of hydrogen-bond acceptors (Lipinski definition) is 6. The van der Waals surface area contributed by atoms with Crippen LogP contribution in [0.3, 0.4) is 0 Å². The second-order valence-electron chi connectivity index (χ2n) is 4.50. The molecule has 112 valence electrons. The van der Waals surface area contributed by atoms with Crippen LogP contribution in [-0.4, -0.2) is 24.1 Å². The third kappa shape index (κ3) is 3.10. The van der Waals surface area contributed by atoms with Crippen molar-refractivity contribution in [1.82, 2.24) is 24.1 Å². The number of allylic oxidation sites excluding steroid dienone is 1. The zero-order chi connectivity index (χ0) is 15.4. The highest BCUT2D eigenvalue weighted by Gasteiger charge is 2.15. The predicted molar refractivity (Wildman–Crippen MR) is 89.1 cm³/mol. The van der Waals surface area contributed by atoms with Crippen LogP contribution in [0.15, 0.2) is 52.5 Å². The molecule has 0 spiro atoms. The minimum atomic E-state index is 0.652. The maximum absolute atomic E-state index is 4.47. The van der Waals surface area contributed by atoms with E-state index in [2.05, 4.69) is 26.1 Å². The fourth-order valence-electron chi connectivity index (χ4n) is 1.96. The highest BCUT2D eigenvalue weighted by Crippen LogP contribution is 2.30. The van der Waals surface area contributed by atoms with Gasteiger partial charge in [0.2, 0.25) is 0 Å². The second-order valence-corrected chi connectivity index (χ2v) is 6.47. The molecule has 0 aliphatic heterocycles. The van der Waals surface area contributed by atoms with E-state index < -0.39 is 0 Å². The van der Waals surface area contributed by atoms with Gasteiger partial charge in [-0.1, -0.05) is 43.3 Å². The summed E-state index contributed by atoms with van der Waals surface area (Å²) in [5.41, 5.74) is 1.04. The van der Waals surface area contributed by atoms with Crippen molar-refractivity contribution in [3.05, 3.63) is 48.8 Å². The molecule has 5 nitrogen and oxygen atoms in total. The number of nitrogens with zero attached hydrogens (tertiary/aromatic N) is 5. The smallest absolute Gasteiger partial charge is 0.198 e. The van der Waals surface area contributed by atoms with E-state index in [1.54, 1.807) is 0 Å². The number of aromatic nitrogens is 5. The van der Waals surface area contributed by atoms with Gasteiger partial charge in [-0.3, -0.25) is 4.57 Å². The van der Waals surface area contributed by atoms with Crippen LogP contribution in [0.4, 0.5) is 0 Å². The molecule has 1 aromatic carbocycles. The normalized spacial score (nSPS) is 10.8. The van der Waals surface area contributed by atoms with E-state index in [-0.39, 0.29) is 0 Å². The molecular formula is C15H15N5S2. The Morgan fingerprint density at radius 3 is 2.77 bits per heavy atom. The maximum atomic E-state index is 4.47. The van der Waals surface area contributed by atoms with Gasteiger partial charge in [-0.2, -0.15) is 4.37 Å². The van der Waals surface area contributed by atoms with Gasteiger partial charge in [-0.15, -0.1) is 16.8 Å². The highest BCUT2D eigenvalue weighted by atomic mass is 32.2. The molecule has 0 radical (unpaired) electrons. The molecule has 0 aliphatic carbocycles.